The molecule has 0 radical (unpaired) electrons. The monoisotopic (exact) mass is 362 g/mol. The van der Waals surface area contributed by atoms with Crippen LogP contribution in [0.3, 0.4) is 0 Å². The number of hydrogen-bond acceptors (Lipinski definition) is 6. The molecule has 2 aromatic rings. The van der Waals surface area contributed by atoms with Gasteiger partial charge in [0.15, 0.2) is 17.4 Å². The third kappa shape index (κ3) is 5.29. The van der Waals surface area contributed by atoms with E-state index in [0.29, 0.717) is 16.8 Å². The number of aromatic nitrogens is 1. The molecule has 1 N–H and O–H groups in total. The van der Waals surface area contributed by atoms with E-state index in [2.05, 4.69) is 24.1 Å². The topological polar surface area (TPSA) is 77.5 Å². The molecule has 1 aromatic carbocycles. The number of ether oxygens (including phenoxy) is 2. The van der Waals surface area contributed by atoms with Gasteiger partial charge in [0.2, 0.25) is 0 Å². The van der Waals surface area contributed by atoms with Gasteiger partial charge in [-0.25, -0.2) is 9.78 Å². The summed E-state index contributed by atoms with van der Waals surface area (Å²) < 4.78 is 10.5. The quantitative estimate of drug-likeness (QED) is 0.759. The molecule has 7 heteroatoms. The standard InChI is InChI=1S/C18H22N2O4S/c1-5-23-17(22)14-10-25-18(19-14)20-16(21)9-24-15-8-12(4)6-7-13(15)11(2)3/h6-8,10-11H,5,9H2,1-4H3,(H,19,20,21). The zero-order valence-corrected chi connectivity index (χ0v) is 15.6. The Morgan fingerprint density at radius 3 is 2.76 bits per heavy atom. The first-order valence-corrected chi connectivity index (χ1v) is 8.94. The third-order valence-electron chi connectivity index (χ3n) is 3.38. The SMILES string of the molecule is CCOC(=O)c1csc(NC(=O)COc2cc(C)ccc2C(C)C)n1. The number of anilines is 1. The molecule has 0 unspecified atom stereocenters. The highest BCUT2D eigenvalue weighted by Gasteiger charge is 2.14. The average Bonchev–Trinajstić information content (AvgIpc) is 3.01. The maximum Gasteiger partial charge on any atom is 0.357 e. The second kappa shape index (κ2) is 8.62. The molecular weight excluding hydrogens is 340 g/mol. The number of esters is 1. The lowest BCUT2D eigenvalue weighted by Gasteiger charge is -2.14. The Morgan fingerprint density at radius 1 is 1.32 bits per heavy atom. The fourth-order valence-corrected chi connectivity index (χ4v) is 2.87. The molecule has 1 heterocycles. The van der Waals surface area contributed by atoms with Crippen LogP contribution in [0.2, 0.25) is 0 Å². The first-order chi connectivity index (χ1) is 11.9. The van der Waals surface area contributed by atoms with Gasteiger partial charge in [-0.15, -0.1) is 11.3 Å². The lowest BCUT2D eigenvalue weighted by atomic mass is 10.0. The predicted octanol–water partition coefficient (Wildman–Crippen LogP) is 3.77. The van der Waals surface area contributed by atoms with Crippen LogP contribution in [0.25, 0.3) is 0 Å². The molecule has 0 aliphatic rings. The van der Waals surface area contributed by atoms with Gasteiger partial charge in [0.05, 0.1) is 6.61 Å². The predicted molar refractivity (Wildman–Crippen MR) is 97.5 cm³/mol. The van der Waals surface area contributed by atoms with Gasteiger partial charge in [-0.3, -0.25) is 10.1 Å². The van der Waals surface area contributed by atoms with Crippen molar-refractivity contribution in [3.63, 3.8) is 0 Å². The molecule has 134 valence electrons. The second-order valence-electron chi connectivity index (χ2n) is 5.79. The Bertz CT molecular complexity index is 755. The number of nitrogens with zero attached hydrogens (tertiary/aromatic N) is 1. The van der Waals surface area contributed by atoms with Crippen LogP contribution in [-0.2, 0) is 9.53 Å². The smallest absolute Gasteiger partial charge is 0.357 e. The van der Waals surface area contributed by atoms with Crippen LogP contribution >= 0.6 is 11.3 Å². The van der Waals surface area contributed by atoms with E-state index in [0.717, 1.165) is 22.5 Å². The Kier molecular flexibility index (Phi) is 6.52. The summed E-state index contributed by atoms with van der Waals surface area (Å²) in [4.78, 5) is 27.7. The second-order valence-corrected chi connectivity index (χ2v) is 6.65. The van der Waals surface area contributed by atoms with Gasteiger partial charge in [0.25, 0.3) is 5.91 Å². The van der Waals surface area contributed by atoms with Crippen molar-refractivity contribution in [2.75, 3.05) is 18.5 Å². The van der Waals surface area contributed by atoms with E-state index < -0.39 is 5.97 Å². The van der Waals surface area contributed by atoms with Crippen LogP contribution in [-0.4, -0.2) is 30.1 Å². The van der Waals surface area contributed by atoms with Crippen LogP contribution in [0.5, 0.6) is 5.75 Å². The highest BCUT2D eigenvalue weighted by atomic mass is 32.1. The molecule has 0 fully saturated rings. The van der Waals surface area contributed by atoms with Crippen molar-refractivity contribution in [3.05, 3.63) is 40.4 Å². The van der Waals surface area contributed by atoms with Crippen molar-refractivity contribution in [2.45, 2.75) is 33.6 Å². The summed E-state index contributed by atoms with van der Waals surface area (Å²) in [5.41, 5.74) is 2.31. The zero-order chi connectivity index (χ0) is 18.4. The van der Waals surface area contributed by atoms with Gasteiger partial charge in [-0.2, -0.15) is 0 Å². The summed E-state index contributed by atoms with van der Waals surface area (Å²) in [7, 11) is 0. The maximum absolute atomic E-state index is 12.1. The summed E-state index contributed by atoms with van der Waals surface area (Å²) >= 11 is 1.16. The van der Waals surface area contributed by atoms with Crippen LogP contribution in [0, 0.1) is 6.92 Å². The lowest BCUT2D eigenvalue weighted by Crippen LogP contribution is -2.20. The molecule has 0 atom stereocenters. The molecule has 1 aromatic heterocycles. The Labute approximate surface area is 151 Å². The molecule has 1 amide bonds. The van der Waals surface area contributed by atoms with E-state index in [1.54, 1.807) is 12.3 Å². The molecule has 0 bridgehead atoms. The van der Waals surface area contributed by atoms with Gasteiger partial charge >= 0.3 is 5.97 Å². The van der Waals surface area contributed by atoms with Crippen molar-refractivity contribution < 1.29 is 19.1 Å². The Morgan fingerprint density at radius 2 is 2.08 bits per heavy atom. The minimum atomic E-state index is -0.503. The van der Waals surface area contributed by atoms with E-state index in [-0.39, 0.29) is 24.8 Å². The number of thiazole rings is 1. The number of rotatable bonds is 7. The zero-order valence-electron chi connectivity index (χ0n) is 14.8. The summed E-state index contributed by atoms with van der Waals surface area (Å²) in [6.07, 6.45) is 0. The normalized spacial score (nSPS) is 10.6. The van der Waals surface area contributed by atoms with E-state index >= 15 is 0 Å². The average molecular weight is 362 g/mol. The summed E-state index contributed by atoms with van der Waals surface area (Å²) in [6, 6.07) is 5.96. The van der Waals surface area contributed by atoms with Gasteiger partial charge in [0, 0.05) is 5.38 Å². The van der Waals surface area contributed by atoms with Gasteiger partial charge in [0.1, 0.15) is 5.75 Å². The Balaban J connectivity index is 1.95. The number of nitrogens with one attached hydrogen (secondary N) is 1. The number of hydrogen-bond donors (Lipinski definition) is 1. The minimum absolute atomic E-state index is 0.127. The lowest BCUT2D eigenvalue weighted by molar-refractivity contribution is -0.118. The van der Waals surface area contributed by atoms with Gasteiger partial charge in [-0.05, 0) is 37.0 Å². The molecule has 0 saturated carbocycles. The van der Waals surface area contributed by atoms with E-state index in [1.807, 2.05) is 25.1 Å². The van der Waals surface area contributed by atoms with Crippen LogP contribution in [0.4, 0.5) is 5.13 Å². The number of amides is 1. The van der Waals surface area contributed by atoms with Crippen molar-refractivity contribution >= 4 is 28.3 Å². The van der Waals surface area contributed by atoms with E-state index in [9.17, 15) is 9.59 Å². The molecule has 0 spiro atoms. The fourth-order valence-electron chi connectivity index (χ4n) is 2.17. The largest absolute Gasteiger partial charge is 0.483 e. The number of benzene rings is 1. The number of carbonyl (C=O) groups excluding carboxylic acids is 2. The van der Waals surface area contributed by atoms with Gasteiger partial charge < -0.3 is 9.47 Å². The molecule has 6 nitrogen and oxygen atoms in total. The third-order valence-corrected chi connectivity index (χ3v) is 4.14. The van der Waals surface area contributed by atoms with Crippen LogP contribution in [0.15, 0.2) is 23.6 Å². The van der Waals surface area contributed by atoms with Crippen molar-refractivity contribution in [1.29, 1.82) is 0 Å². The summed E-state index contributed by atoms with van der Waals surface area (Å²) in [6.45, 7) is 8.00. The van der Waals surface area contributed by atoms with Crippen molar-refractivity contribution in [1.82, 2.24) is 4.98 Å². The highest BCUT2D eigenvalue weighted by molar-refractivity contribution is 7.14. The molecule has 0 saturated heterocycles. The minimum Gasteiger partial charge on any atom is -0.483 e. The first-order valence-electron chi connectivity index (χ1n) is 8.06. The summed E-state index contributed by atoms with van der Waals surface area (Å²) in [5.74, 6) is 0.166. The number of carbonyl (C=O) groups is 2. The maximum atomic E-state index is 12.1. The van der Waals surface area contributed by atoms with Crippen molar-refractivity contribution in [2.24, 2.45) is 0 Å². The highest BCUT2D eigenvalue weighted by Crippen LogP contribution is 2.27. The van der Waals surface area contributed by atoms with E-state index in [1.165, 1.54) is 0 Å². The van der Waals surface area contributed by atoms with E-state index in [4.69, 9.17) is 9.47 Å². The van der Waals surface area contributed by atoms with Crippen molar-refractivity contribution in [3.8, 4) is 5.75 Å². The fraction of sp³-hybridized carbons (Fsp3) is 0.389. The summed E-state index contributed by atoms with van der Waals surface area (Å²) in [5, 5.41) is 4.51. The van der Waals surface area contributed by atoms with Crippen LogP contribution in [0.1, 0.15) is 48.3 Å². The first kappa shape index (κ1) is 18.9. The number of aryl methyl sites for hydroxylation is 1. The molecule has 0 aliphatic carbocycles. The van der Waals surface area contributed by atoms with Gasteiger partial charge in [-0.1, -0.05) is 26.0 Å². The Hall–Kier alpha value is -2.41. The van der Waals surface area contributed by atoms with Crippen LogP contribution < -0.4 is 10.1 Å². The molecule has 2 rings (SSSR count). The molecule has 0 aliphatic heterocycles. The molecular formula is C18H22N2O4S. The molecule has 25 heavy (non-hydrogen) atoms.